The van der Waals surface area contributed by atoms with Crippen LogP contribution in [-0.4, -0.2) is 74.4 Å². The average Bonchev–Trinajstić information content (AvgIpc) is 2.69. The van der Waals surface area contributed by atoms with Gasteiger partial charge in [0.25, 0.3) is 0 Å². The lowest BCUT2D eigenvalue weighted by Gasteiger charge is -2.40. The third-order valence-electron chi connectivity index (χ3n) is 4.25. The summed E-state index contributed by atoms with van der Waals surface area (Å²) in [6.07, 6.45) is -3.49. The molecular weight excluding hydrogens is 482 g/mol. The molecule has 1 aromatic rings. The summed E-state index contributed by atoms with van der Waals surface area (Å²) >= 11 is 8.68. The molecule has 0 aromatic heterocycles. The quantitative estimate of drug-likeness (QED) is 0.246. The van der Waals surface area contributed by atoms with Crippen molar-refractivity contribution in [3.8, 4) is 0 Å². The molecule has 1 amide bonds. The van der Waals surface area contributed by atoms with E-state index in [1.165, 1.54) is 13.0 Å². The number of carbonyl (C=O) groups excluding carboxylic acids is 1. The van der Waals surface area contributed by atoms with Crippen LogP contribution in [0.4, 0.5) is 5.69 Å². The van der Waals surface area contributed by atoms with Gasteiger partial charge in [-0.1, -0.05) is 12.1 Å². The van der Waals surface area contributed by atoms with E-state index in [0.29, 0.717) is 5.69 Å². The molecule has 7 N–H and O–H groups in total. The van der Waals surface area contributed by atoms with Gasteiger partial charge < -0.3 is 41.1 Å². The summed E-state index contributed by atoms with van der Waals surface area (Å²) in [6, 6.07) is 5.23. The molecule has 5 atom stereocenters. The number of rotatable bonds is 7. The van der Waals surface area contributed by atoms with Crippen molar-refractivity contribution in [1.82, 2.24) is 10.6 Å². The van der Waals surface area contributed by atoms with Crippen LogP contribution in [0, 0.1) is 0 Å². The monoisotopic (exact) mass is 503 g/mol. The number of nitrogens with one attached hydrogen (secondary N) is 3. The highest BCUT2D eigenvalue weighted by atomic mass is 79.9. The molecule has 1 aromatic carbocycles. The van der Waals surface area contributed by atoms with E-state index in [9.17, 15) is 24.9 Å². The molecule has 2 rings (SSSR count). The fraction of sp³-hybridized carbons (Fsp3) is 0.389. The fourth-order valence-corrected chi connectivity index (χ4v) is 3.50. The third kappa shape index (κ3) is 6.12. The van der Waals surface area contributed by atoms with Gasteiger partial charge >= 0.3 is 5.97 Å². The Labute approximate surface area is 186 Å². The number of carboxylic acid groups (broad SMARTS) is 1. The van der Waals surface area contributed by atoms with Crippen LogP contribution in [0.2, 0.25) is 0 Å². The molecule has 0 bridgehead atoms. The Bertz CT molecular complexity index is 838. The van der Waals surface area contributed by atoms with E-state index in [4.69, 9.17) is 22.1 Å². The van der Waals surface area contributed by atoms with Crippen molar-refractivity contribution < 1.29 is 34.8 Å². The average molecular weight is 504 g/mol. The highest BCUT2D eigenvalue weighted by Gasteiger charge is 2.43. The number of aliphatic hydroxyl groups excluding tert-OH is 3. The maximum atomic E-state index is 11.7. The SMILES string of the molecule is CC(=O)N[C@H]1[C@H]([C@H](O)[C@H](O)CO)OC(C(=O)O)=C[C@@H]1NC(=S)Nc1ccccc1Br. The van der Waals surface area contributed by atoms with E-state index in [1.807, 2.05) is 6.07 Å². The van der Waals surface area contributed by atoms with Crippen molar-refractivity contribution in [2.24, 2.45) is 0 Å². The first kappa shape index (κ1) is 24.0. The van der Waals surface area contributed by atoms with Crippen molar-refractivity contribution in [1.29, 1.82) is 0 Å². The molecule has 164 valence electrons. The highest BCUT2D eigenvalue weighted by Crippen LogP contribution is 2.24. The number of anilines is 1. The molecule has 30 heavy (non-hydrogen) atoms. The maximum absolute atomic E-state index is 11.7. The first-order valence-electron chi connectivity index (χ1n) is 8.82. The van der Waals surface area contributed by atoms with Crippen LogP contribution in [0.15, 0.2) is 40.6 Å². The summed E-state index contributed by atoms with van der Waals surface area (Å²) in [5.41, 5.74) is 0.646. The van der Waals surface area contributed by atoms with Gasteiger partial charge in [-0.3, -0.25) is 4.79 Å². The Morgan fingerprint density at radius 3 is 2.50 bits per heavy atom. The number of hydrogen-bond donors (Lipinski definition) is 7. The van der Waals surface area contributed by atoms with E-state index in [2.05, 4.69) is 31.9 Å². The Morgan fingerprint density at radius 1 is 1.27 bits per heavy atom. The topological polar surface area (TPSA) is 160 Å². The van der Waals surface area contributed by atoms with Crippen LogP contribution in [0.25, 0.3) is 0 Å². The Balaban J connectivity index is 2.32. The zero-order chi connectivity index (χ0) is 22.4. The normalized spacial score (nSPS) is 22.7. The number of thiocarbonyl (C=S) groups is 1. The van der Waals surface area contributed by atoms with Gasteiger partial charge in [0, 0.05) is 11.4 Å². The van der Waals surface area contributed by atoms with Gasteiger partial charge in [-0.05, 0) is 46.4 Å². The van der Waals surface area contributed by atoms with E-state index < -0.39 is 54.6 Å². The first-order chi connectivity index (χ1) is 14.1. The molecule has 0 radical (unpaired) electrons. The van der Waals surface area contributed by atoms with Gasteiger partial charge in [0.05, 0.1) is 24.4 Å². The molecule has 1 heterocycles. The van der Waals surface area contributed by atoms with E-state index in [-0.39, 0.29) is 5.11 Å². The van der Waals surface area contributed by atoms with Crippen LogP contribution in [-0.2, 0) is 14.3 Å². The zero-order valence-corrected chi connectivity index (χ0v) is 18.2. The molecule has 0 aliphatic carbocycles. The number of para-hydroxylation sites is 1. The second-order valence-electron chi connectivity index (χ2n) is 6.49. The van der Waals surface area contributed by atoms with Crippen molar-refractivity contribution >= 4 is 50.8 Å². The number of aliphatic hydroxyl groups is 3. The predicted octanol–water partition coefficient (Wildman–Crippen LogP) is -0.310. The van der Waals surface area contributed by atoms with Crippen LogP contribution < -0.4 is 16.0 Å². The molecule has 0 saturated carbocycles. The standard InChI is InChI=1S/C18H22BrN3O7S/c1-8(24)20-14-11(22-18(30)21-10-5-3-2-4-9(10)19)6-13(17(27)28)29-16(14)15(26)12(25)7-23/h2-6,11-12,14-16,23,25-26H,7H2,1H3,(H,20,24)(H,27,28)(H2,21,22,30)/t11-,12+,14+,15+,16+/m0/s1. The predicted molar refractivity (Wildman–Crippen MR) is 115 cm³/mol. The molecule has 0 fully saturated rings. The minimum atomic E-state index is -1.69. The molecule has 12 heteroatoms. The van der Waals surface area contributed by atoms with Crippen molar-refractivity contribution in [3.63, 3.8) is 0 Å². The second-order valence-corrected chi connectivity index (χ2v) is 7.75. The van der Waals surface area contributed by atoms with E-state index in [1.54, 1.807) is 18.2 Å². The lowest BCUT2D eigenvalue weighted by atomic mass is 9.92. The van der Waals surface area contributed by atoms with Gasteiger partial charge in [0.2, 0.25) is 11.7 Å². The zero-order valence-electron chi connectivity index (χ0n) is 15.8. The van der Waals surface area contributed by atoms with Crippen LogP contribution in [0.1, 0.15) is 6.92 Å². The first-order valence-corrected chi connectivity index (χ1v) is 10.0. The minimum absolute atomic E-state index is 0.112. The molecule has 1 aliphatic rings. The van der Waals surface area contributed by atoms with Crippen LogP contribution >= 0.6 is 28.1 Å². The summed E-state index contributed by atoms with van der Waals surface area (Å²) in [6.45, 7) is 0.442. The van der Waals surface area contributed by atoms with Crippen molar-refractivity contribution in [2.45, 2.75) is 37.3 Å². The summed E-state index contributed by atoms with van der Waals surface area (Å²) < 4.78 is 6.05. The summed E-state index contributed by atoms with van der Waals surface area (Å²) in [5, 5.41) is 47.2. The molecule has 0 saturated heterocycles. The van der Waals surface area contributed by atoms with Crippen LogP contribution in [0.3, 0.4) is 0 Å². The Morgan fingerprint density at radius 2 is 1.93 bits per heavy atom. The maximum Gasteiger partial charge on any atom is 0.370 e. The number of hydrogen-bond acceptors (Lipinski definition) is 7. The largest absolute Gasteiger partial charge is 0.478 e. The van der Waals surface area contributed by atoms with Crippen LogP contribution in [0.5, 0.6) is 0 Å². The number of amides is 1. The van der Waals surface area contributed by atoms with Crippen molar-refractivity contribution in [2.75, 3.05) is 11.9 Å². The number of benzene rings is 1. The molecule has 10 nitrogen and oxygen atoms in total. The fourth-order valence-electron chi connectivity index (χ4n) is 2.87. The second kappa shape index (κ2) is 10.7. The van der Waals surface area contributed by atoms with Gasteiger partial charge in [0.1, 0.15) is 18.3 Å². The number of carbonyl (C=O) groups is 2. The van der Waals surface area contributed by atoms with Crippen molar-refractivity contribution in [3.05, 3.63) is 40.6 Å². The number of halogens is 1. The molecular formula is C18H22BrN3O7S. The minimum Gasteiger partial charge on any atom is -0.478 e. The molecule has 0 spiro atoms. The smallest absolute Gasteiger partial charge is 0.370 e. The number of carboxylic acids is 1. The Hall–Kier alpha value is -2.25. The lowest BCUT2D eigenvalue weighted by Crippen LogP contribution is -2.63. The van der Waals surface area contributed by atoms with E-state index >= 15 is 0 Å². The Kier molecular flexibility index (Phi) is 8.55. The lowest BCUT2D eigenvalue weighted by molar-refractivity contribution is -0.146. The molecule has 0 unspecified atom stereocenters. The highest BCUT2D eigenvalue weighted by molar-refractivity contribution is 9.10. The number of ether oxygens (including phenoxy) is 1. The third-order valence-corrected chi connectivity index (χ3v) is 5.16. The summed E-state index contributed by atoms with van der Waals surface area (Å²) in [4.78, 5) is 23.2. The van der Waals surface area contributed by atoms with Gasteiger partial charge in [0.15, 0.2) is 5.11 Å². The summed E-state index contributed by atoms with van der Waals surface area (Å²) in [7, 11) is 0. The van der Waals surface area contributed by atoms with Gasteiger partial charge in [-0.2, -0.15) is 0 Å². The van der Waals surface area contributed by atoms with Gasteiger partial charge in [-0.25, -0.2) is 4.79 Å². The van der Waals surface area contributed by atoms with Gasteiger partial charge in [-0.15, -0.1) is 0 Å². The summed E-state index contributed by atoms with van der Waals surface area (Å²) in [5.74, 6) is -2.40. The van der Waals surface area contributed by atoms with E-state index in [0.717, 1.165) is 4.47 Å². The molecule has 1 aliphatic heterocycles. The number of aliphatic carboxylic acids is 1.